The molecule has 2 rings (SSSR count). The first-order chi connectivity index (χ1) is 9.67. The number of nitrogens with zero attached hydrogens (tertiary/aromatic N) is 1. The number of carbonyl (C=O) groups is 1. The molecule has 106 valence electrons. The van der Waals surface area contributed by atoms with Crippen LogP contribution in [0.25, 0.3) is 11.3 Å². The van der Waals surface area contributed by atoms with Crippen molar-refractivity contribution in [3.05, 3.63) is 35.5 Å². The first kappa shape index (κ1) is 14.1. The standard InChI is InChI=1S/C14H18N4O2/c1-3-8-20-11-6-4-10(5-7-11)13-12(14(19)16-15)9(2)17-18-13/h4-7H,3,8,15H2,1-2H3,(H,16,19)(H,17,18). The van der Waals surface area contributed by atoms with Gasteiger partial charge in [0.25, 0.3) is 5.91 Å². The number of nitrogens with one attached hydrogen (secondary N) is 2. The fraction of sp³-hybridized carbons (Fsp3) is 0.286. The highest BCUT2D eigenvalue weighted by Gasteiger charge is 2.18. The van der Waals surface area contributed by atoms with Gasteiger partial charge >= 0.3 is 0 Å². The lowest BCUT2D eigenvalue weighted by molar-refractivity contribution is 0.0954. The van der Waals surface area contributed by atoms with E-state index in [0.717, 1.165) is 17.7 Å². The van der Waals surface area contributed by atoms with E-state index in [0.29, 0.717) is 23.6 Å². The third-order valence-electron chi connectivity index (χ3n) is 2.91. The third-order valence-corrected chi connectivity index (χ3v) is 2.91. The van der Waals surface area contributed by atoms with Gasteiger partial charge in [0.1, 0.15) is 11.4 Å². The second-order valence-electron chi connectivity index (χ2n) is 4.42. The minimum Gasteiger partial charge on any atom is -0.494 e. The minimum atomic E-state index is -0.363. The van der Waals surface area contributed by atoms with Crippen molar-refractivity contribution in [2.24, 2.45) is 5.84 Å². The van der Waals surface area contributed by atoms with Crippen molar-refractivity contribution in [2.75, 3.05) is 6.61 Å². The third kappa shape index (κ3) is 2.80. The molecule has 1 heterocycles. The van der Waals surface area contributed by atoms with Crippen molar-refractivity contribution in [3.8, 4) is 17.0 Å². The van der Waals surface area contributed by atoms with E-state index >= 15 is 0 Å². The molecular formula is C14H18N4O2. The lowest BCUT2D eigenvalue weighted by atomic mass is 10.1. The Bertz CT molecular complexity index is 590. The highest BCUT2D eigenvalue weighted by molar-refractivity contribution is 6.00. The molecule has 0 aliphatic carbocycles. The number of hydrazine groups is 1. The molecule has 20 heavy (non-hydrogen) atoms. The predicted octanol–water partition coefficient (Wildman–Crippen LogP) is 1.78. The monoisotopic (exact) mass is 274 g/mol. The van der Waals surface area contributed by atoms with Gasteiger partial charge in [0, 0.05) is 11.3 Å². The van der Waals surface area contributed by atoms with Crippen LogP contribution in [0.2, 0.25) is 0 Å². The molecule has 0 saturated heterocycles. The Kier molecular flexibility index (Phi) is 4.37. The summed E-state index contributed by atoms with van der Waals surface area (Å²) in [4.78, 5) is 11.8. The van der Waals surface area contributed by atoms with Crippen LogP contribution in [0.15, 0.2) is 24.3 Å². The van der Waals surface area contributed by atoms with Gasteiger partial charge in [-0.05, 0) is 37.6 Å². The van der Waals surface area contributed by atoms with Gasteiger partial charge in [-0.15, -0.1) is 0 Å². The molecule has 0 aliphatic heterocycles. The summed E-state index contributed by atoms with van der Waals surface area (Å²) in [7, 11) is 0. The average molecular weight is 274 g/mol. The molecule has 0 saturated carbocycles. The van der Waals surface area contributed by atoms with Gasteiger partial charge in [0.2, 0.25) is 0 Å². The van der Waals surface area contributed by atoms with E-state index in [-0.39, 0.29) is 5.91 Å². The van der Waals surface area contributed by atoms with Crippen LogP contribution >= 0.6 is 0 Å². The molecule has 6 heteroatoms. The van der Waals surface area contributed by atoms with E-state index in [1.165, 1.54) is 0 Å². The average Bonchev–Trinajstić information content (AvgIpc) is 2.86. The Morgan fingerprint density at radius 3 is 2.70 bits per heavy atom. The number of amides is 1. The number of H-pyrrole nitrogens is 1. The fourth-order valence-corrected chi connectivity index (χ4v) is 1.92. The molecular weight excluding hydrogens is 256 g/mol. The molecule has 0 bridgehead atoms. The Labute approximate surface area is 117 Å². The number of nitrogens with two attached hydrogens (primary N) is 1. The van der Waals surface area contributed by atoms with Gasteiger partial charge in [0.05, 0.1) is 12.2 Å². The summed E-state index contributed by atoms with van der Waals surface area (Å²) in [6.07, 6.45) is 0.959. The maximum atomic E-state index is 11.8. The van der Waals surface area contributed by atoms with Crippen LogP contribution in [0.3, 0.4) is 0 Å². The number of aromatic amines is 1. The first-order valence-corrected chi connectivity index (χ1v) is 6.46. The van der Waals surface area contributed by atoms with Crippen LogP contribution in [-0.2, 0) is 0 Å². The fourth-order valence-electron chi connectivity index (χ4n) is 1.92. The summed E-state index contributed by atoms with van der Waals surface area (Å²) in [6, 6.07) is 7.46. The highest BCUT2D eigenvalue weighted by Crippen LogP contribution is 2.25. The second kappa shape index (κ2) is 6.21. The van der Waals surface area contributed by atoms with Gasteiger partial charge in [-0.3, -0.25) is 15.3 Å². The van der Waals surface area contributed by atoms with Gasteiger partial charge in [0.15, 0.2) is 0 Å². The zero-order valence-electron chi connectivity index (χ0n) is 11.6. The van der Waals surface area contributed by atoms with Crippen LogP contribution in [0.4, 0.5) is 0 Å². The summed E-state index contributed by atoms with van der Waals surface area (Å²) in [6.45, 7) is 4.51. The molecule has 0 spiro atoms. The maximum absolute atomic E-state index is 11.8. The molecule has 0 aliphatic rings. The van der Waals surface area contributed by atoms with E-state index < -0.39 is 0 Å². The molecule has 4 N–H and O–H groups in total. The molecule has 6 nitrogen and oxygen atoms in total. The number of benzene rings is 1. The van der Waals surface area contributed by atoms with Gasteiger partial charge in [-0.2, -0.15) is 5.10 Å². The Balaban J connectivity index is 2.30. The van der Waals surface area contributed by atoms with E-state index in [9.17, 15) is 4.79 Å². The van der Waals surface area contributed by atoms with E-state index in [4.69, 9.17) is 10.6 Å². The first-order valence-electron chi connectivity index (χ1n) is 6.46. The number of carbonyl (C=O) groups excluding carboxylic acids is 1. The van der Waals surface area contributed by atoms with Crippen LogP contribution < -0.4 is 16.0 Å². The van der Waals surface area contributed by atoms with Crippen LogP contribution in [-0.4, -0.2) is 22.7 Å². The van der Waals surface area contributed by atoms with Crippen LogP contribution in [0, 0.1) is 6.92 Å². The van der Waals surface area contributed by atoms with E-state index in [1.54, 1.807) is 6.92 Å². The Morgan fingerprint density at radius 1 is 1.40 bits per heavy atom. The molecule has 0 unspecified atom stereocenters. The topological polar surface area (TPSA) is 93.0 Å². The number of hydrogen-bond donors (Lipinski definition) is 3. The smallest absolute Gasteiger partial charge is 0.269 e. The van der Waals surface area contributed by atoms with Crippen LogP contribution in [0.5, 0.6) is 5.75 Å². The van der Waals surface area contributed by atoms with Gasteiger partial charge in [-0.1, -0.05) is 6.92 Å². The molecule has 0 fully saturated rings. The second-order valence-corrected chi connectivity index (χ2v) is 4.42. The lowest BCUT2D eigenvalue weighted by Gasteiger charge is -2.06. The number of nitrogen functional groups attached to an aromatic ring is 1. The normalized spacial score (nSPS) is 10.3. The summed E-state index contributed by atoms with van der Waals surface area (Å²) in [5.41, 5.74) is 4.67. The zero-order chi connectivity index (χ0) is 14.5. The predicted molar refractivity (Wildman–Crippen MR) is 76.2 cm³/mol. The van der Waals surface area contributed by atoms with Crippen molar-refractivity contribution in [3.63, 3.8) is 0 Å². The molecule has 1 aromatic carbocycles. The van der Waals surface area contributed by atoms with E-state index in [1.807, 2.05) is 24.3 Å². The van der Waals surface area contributed by atoms with Crippen molar-refractivity contribution >= 4 is 5.91 Å². The summed E-state index contributed by atoms with van der Waals surface area (Å²) in [5.74, 6) is 5.63. The van der Waals surface area contributed by atoms with Crippen molar-refractivity contribution < 1.29 is 9.53 Å². The number of aromatic nitrogens is 2. The Morgan fingerprint density at radius 2 is 2.10 bits per heavy atom. The van der Waals surface area contributed by atoms with E-state index in [2.05, 4.69) is 22.5 Å². The largest absolute Gasteiger partial charge is 0.494 e. The minimum absolute atomic E-state index is 0.363. The van der Waals surface area contributed by atoms with Crippen molar-refractivity contribution in [2.45, 2.75) is 20.3 Å². The van der Waals surface area contributed by atoms with Gasteiger partial charge in [-0.25, -0.2) is 5.84 Å². The quantitative estimate of drug-likeness (QED) is 0.440. The molecule has 0 radical (unpaired) electrons. The number of aryl methyl sites for hydroxylation is 1. The van der Waals surface area contributed by atoms with Crippen molar-refractivity contribution in [1.29, 1.82) is 0 Å². The summed E-state index contributed by atoms with van der Waals surface area (Å²) < 4.78 is 5.52. The SMILES string of the molecule is CCCOc1ccc(-c2n[nH]c(C)c2C(=O)NN)cc1. The number of hydrogen-bond acceptors (Lipinski definition) is 4. The molecule has 2 aromatic rings. The summed E-state index contributed by atoms with van der Waals surface area (Å²) in [5, 5.41) is 6.97. The lowest BCUT2D eigenvalue weighted by Crippen LogP contribution is -2.30. The highest BCUT2D eigenvalue weighted by atomic mass is 16.5. The molecule has 1 amide bonds. The zero-order valence-corrected chi connectivity index (χ0v) is 11.6. The summed E-state index contributed by atoms with van der Waals surface area (Å²) >= 11 is 0. The Hall–Kier alpha value is -2.34. The van der Waals surface area contributed by atoms with Crippen LogP contribution in [0.1, 0.15) is 29.4 Å². The maximum Gasteiger partial charge on any atom is 0.269 e. The van der Waals surface area contributed by atoms with Crippen molar-refractivity contribution in [1.82, 2.24) is 15.6 Å². The molecule has 1 aromatic heterocycles. The van der Waals surface area contributed by atoms with Gasteiger partial charge < -0.3 is 4.74 Å². The number of ether oxygens (including phenoxy) is 1. The molecule has 0 atom stereocenters. The number of rotatable bonds is 5.